The van der Waals surface area contributed by atoms with Gasteiger partial charge in [0, 0.05) is 10.8 Å². The Labute approximate surface area is 218 Å². The number of carbonyl (C=O) groups excluding carboxylic acids is 2. The predicted molar refractivity (Wildman–Crippen MR) is 149 cm³/mol. The van der Waals surface area contributed by atoms with Gasteiger partial charge in [-0.05, 0) is 47.5 Å². The van der Waals surface area contributed by atoms with Crippen molar-refractivity contribution in [3.63, 3.8) is 0 Å². The Balaban J connectivity index is 1.45. The van der Waals surface area contributed by atoms with Crippen molar-refractivity contribution >= 4 is 39.3 Å². The highest BCUT2D eigenvalue weighted by Gasteiger charge is 2.39. The molecule has 0 saturated heterocycles. The molecule has 0 N–H and O–H groups in total. The predicted octanol–water partition coefficient (Wildman–Crippen LogP) is 7.12. The summed E-state index contributed by atoms with van der Waals surface area (Å²) in [6.45, 7) is 0. The number of fused-ring (bicyclic) bond motifs is 4. The Morgan fingerprint density at radius 1 is 0.632 bits per heavy atom. The van der Waals surface area contributed by atoms with E-state index < -0.39 is 0 Å². The van der Waals surface area contributed by atoms with Gasteiger partial charge in [0.15, 0.2) is 0 Å². The molecule has 1 aromatic heterocycles. The first-order chi connectivity index (χ1) is 18.7. The van der Waals surface area contributed by atoms with Gasteiger partial charge in [-0.1, -0.05) is 78.9 Å². The molecule has 0 saturated carbocycles. The Bertz CT molecular complexity index is 1980. The lowest BCUT2D eigenvalue weighted by atomic mass is 10.0. The van der Waals surface area contributed by atoms with Gasteiger partial charge in [-0.2, -0.15) is 5.26 Å². The number of aromatic nitrogens is 1. The van der Waals surface area contributed by atoms with Crippen molar-refractivity contribution in [3.8, 4) is 22.9 Å². The van der Waals surface area contributed by atoms with E-state index in [4.69, 9.17) is 0 Å². The lowest BCUT2D eigenvalue weighted by Gasteiger charge is -2.16. The van der Waals surface area contributed by atoms with Crippen molar-refractivity contribution in [1.82, 2.24) is 4.57 Å². The minimum absolute atomic E-state index is 0.331. The van der Waals surface area contributed by atoms with Crippen LogP contribution in [-0.2, 0) is 0 Å². The van der Waals surface area contributed by atoms with Gasteiger partial charge in [0.05, 0.1) is 39.1 Å². The van der Waals surface area contributed by atoms with Gasteiger partial charge in [-0.15, -0.1) is 0 Å². The number of hydrogen-bond acceptors (Lipinski definition) is 3. The Kier molecular flexibility index (Phi) is 4.75. The third-order valence-corrected chi connectivity index (χ3v) is 7.16. The molecule has 5 aromatic carbocycles. The maximum atomic E-state index is 14.0. The van der Waals surface area contributed by atoms with Crippen LogP contribution in [0.3, 0.4) is 0 Å². The molecule has 1 aliphatic heterocycles. The number of imide groups is 1. The molecule has 0 atom stereocenters. The zero-order valence-electron chi connectivity index (χ0n) is 20.1. The molecule has 0 spiro atoms. The monoisotopic (exact) mass is 489 g/mol. The van der Waals surface area contributed by atoms with Crippen molar-refractivity contribution in [2.24, 2.45) is 0 Å². The van der Waals surface area contributed by atoms with Crippen LogP contribution in [0.2, 0.25) is 0 Å². The van der Waals surface area contributed by atoms with E-state index in [-0.39, 0.29) is 11.8 Å². The zero-order valence-corrected chi connectivity index (χ0v) is 20.1. The van der Waals surface area contributed by atoms with Gasteiger partial charge in [0.1, 0.15) is 6.07 Å². The molecule has 2 heterocycles. The number of carbonyl (C=O) groups is 2. The van der Waals surface area contributed by atoms with Gasteiger partial charge in [-0.3, -0.25) is 9.59 Å². The number of amides is 2. The first-order valence-corrected chi connectivity index (χ1v) is 12.3. The van der Waals surface area contributed by atoms with Crippen LogP contribution in [0.1, 0.15) is 26.3 Å². The number of hydrogen-bond donors (Lipinski definition) is 0. The molecule has 178 valence electrons. The molecule has 5 heteroatoms. The summed E-state index contributed by atoms with van der Waals surface area (Å²) < 4.78 is 1.94. The summed E-state index contributed by atoms with van der Waals surface area (Å²) in [7, 11) is 0. The van der Waals surface area contributed by atoms with Crippen molar-refractivity contribution in [3.05, 3.63) is 132 Å². The summed E-state index contributed by atoms with van der Waals surface area (Å²) in [5, 5.41) is 11.8. The van der Waals surface area contributed by atoms with E-state index in [1.807, 2.05) is 95.6 Å². The topological polar surface area (TPSA) is 66.1 Å². The van der Waals surface area contributed by atoms with Crippen molar-refractivity contribution < 1.29 is 9.59 Å². The van der Waals surface area contributed by atoms with Gasteiger partial charge >= 0.3 is 0 Å². The number of nitriles is 1. The van der Waals surface area contributed by atoms with E-state index in [0.717, 1.165) is 32.9 Å². The lowest BCUT2D eigenvalue weighted by Crippen LogP contribution is -2.29. The molecule has 0 radical (unpaired) electrons. The van der Waals surface area contributed by atoms with E-state index in [1.165, 1.54) is 4.90 Å². The number of nitrogens with zero attached hydrogens (tertiary/aromatic N) is 3. The van der Waals surface area contributed by atoms with Crippen molar-refractivity contribution in [2.45, 2.75) is 0 Å². The minimum Gasteiger partial charge on any atom is -0.307 e. The smallest absolute Gasteiger partial charge is 0.268 e. The summed E-state index contributed by atoms with van der Waals surface area (Å²) >= 11 is 0. The summed E-state index contributed by atoms with van der Waals surface area (Å²) in [4.78, 5) is 28.9. The highest BCUT2D eigenvalue weighted by atomic mass is 16.2. The maximum Gasteiger partial charge on any atom is 0.268 e. The average Bonchev–Trinajstić information content (AvgIpc) is 3.45. The quantitative estimate of drug-likeness (QED) is 0.249. The molecule has 0 bridgehead atoms. The molecule has 1 aliphatic rings. The summed E-state index contributed by atoms with van der Waals surface area (Å²) in [6.07, 6.45) is 0. The fraction of sp³-hybridized carbons (Fsp3) is 0. The van der Waals surface area contributed by atoms with Crippen molar-refractivity contribution in [2.75, 3.05) is 4.90 Å². The molecule has 7 rings (SSSR count). The molecule has 6 aromatic rings. The third-order valence-electron chi connectivity index (χ3n) is 7.16. The van der Waals surface area contributed by atoms with Gasteiger partial charge < -0.3 is 4.57 Å². The van der Waals surface area contributed by atoms with Gasteiger partial charge in [0.25, 0.3) is 11.8 Å². The standard InChI is InChI=1S/C33H19N3O2/c34-20-23-12-7-15-26-25-14-4-5-17-28(25)36(31(23)26)29-18-8-16-27-30(29)33(38)35(32(27)37)24-13-6-11-22(19-24)21-9-2-1-3-10-21/h1-19H. The largest absolute Gasteiger partial charge is 0.307 e. The van der Waals surface area contributed by atoms with Gasteiger partial charge in [-0.25, -0.2) is 4.90 Å². The molecular formula is C33H19N3O2. The molecular weight excluding hydrogens is 470 g/mol. The third kappa shape index (κ3) is 3.04. The molecule has 2 amide bonds. The summed E-state index contributed by atoms with van der Waals surface area (Å²) in [5.41, 5.74) is 5.77. The van der Waals surface area contributed by atoms with Crippen LogP contribution in [0.4, 0.5) is 5.69 Å². The fourth-order valence-corrected chi connectivity index (χ4v) is 5.50. The Hall–Kier alpha value is -5.47. The van der Waals surface area contributed by atoms with Crippen molar-refractivity contribution in [1.29, 1.82) is 5.26 Å². The van der Waals surface area contributed by atoms with Crippen LogP contribution in [0.25, 0.3) is 38.6 Å². The number of benzene rings is 5. The molecule has 0 fully saturated rings. The summed E-state index contributed by atoms with van der Waals surface area (Å²) in [5.74, 6) is -0.746. The van der Waals surface area contributed by atoms with Crippen LogP contribution in [-0.4, -0.2) is 16.4 Å². The first-order valence-electron chi connectivity index (χ1n) is 12.3. The second kappa shape index (κ2) is 8.29. The normalized spacial score (nSPS) is 12.8. The Morgan fingerprint density at radius 2 is 1.34 bits per heavy atom. The van der Waals surface area contributed by atoms with E-state index in [2.05, 4.69) is 6.07 Å². The van der Waals surface area contributed by atoms with E-state index in [1.54, 1.807) is 24.3 Å². The van der Waals surface area contributed by atoms with Crippen LogP contribution in [0.5, 0.6) is 0 Å². The molecule has 38 heavy (non-hydrogen) atoms. The SMILES string of the molecule is N#Cc1cccc2c3ccccc3n(-c3cccc4c3C(=O)N(c3cccc(-c5ccccc5)c3)C4=O)c12. The van der Waals surface area contributed by atoms with E-state index in [9.17, 15) is 14.9 Å². The van der Waals surface area contributed by atoms with E-state index >= 15 is 0 Å². The molecule has 0 unspecified atom stereocenters. The number of para-hydroxylation sites is 2. The van der Waals surface area contributed by atoms with Crippen LogP contribution < -0.4 is 4.90 Å². The first kappa shape index (κ1) is 21.8. The van der Waals surface area contributed by atoms with E-state index in [0.29, 0.717) is 28.1 Å². The Morgan fingerprint density at radius 3 is 2.18 bits per heavy atom. The number of rotatable bonds is 3. The zero-order chi connectivity index (χ0) is 25.8. The molecule has 0 aliphatic carbocycles. The second-order valence-corrected chi connectivity index (χ2v) is 9.23. The highest BCUT2D eigenvalue weighted by Crippen LogP contribution is 2.39. The van der Waals surface area contributed by atoms with Gasteiger partial charge in [0.2, 0.25) is 0 Å². The average molecular weight is 490 g/mol. The maximum absolute atomic E-state index is 14.0. The fourth-order valence-electron chi connectivity index (χ4n) is 5.50. The lowest BCUT2D eigenvalue weighted by molar-refractivity contribution is 0.0926. The summed E-state index contributed by atoms with van der Waals surface area (Å²) in [6, 6.07) is 38.4. The second-order valence-electron chi connectivity index (χ2n) is 9.23. The highest BCUT2D eigenvalue weighted by molar-refractivity contribution is 6.36. The number of anilines is 1. The minimum atomic E-state index is -0.383. The van der Waals surface area contributed by atoms with Crippen LogP contribution in [0.15, 0.2) is 115 Å². The molecule has 5 nitrogen and oxygen atoms in total. The van der Waals surface area contributed by atoms with Crippen LogP contribution in [0, 0.1) is 11.3 Å². The van der Waals surface area contributed by atoms with Crippen LogP contribution >= 0.6 is 0 Å².